The van der Waals surface area contributed by atoms with Gasteiger partial charge in [0.25, 0.3) is 0 Å². The Bertz CT molecular complexity index is 488. The van der Waals surface area contributed by atoms with E-state index in [0.717, 1.165) is 8.95 Å². The highest BCUT2D eigenvalue weighted by atomic mass is 79.9. The number of ketones is 1. The molecule has 1 heterocycles. The molecule has 0 unspecified atom stereocenters. The highest BCUT2D eigenvalue weighted by Crippen LogP contribution is 2.20. The van der Waals surface area contributed by atoms with E-state index in [-0.39, 0.29) is 12.2 Å². The summed E-state index contributed by atoms with van der Waals surface area (Å²) >= 11 is 6.71. The molecule has 1 aromatic carbocycles. The molecule has 0 aliphatic carbocycles. The average Bonchev–Trinajstić information content (AvgIpc) is 2.68. The van der Waals surface area contributed by atoms with Crippen molar-refractivity contribution < 1.29 is 4.79 Å². The smallest absolute Gasteiger partial charge is 0.170 e. The summed E-state index contributed by atoms with van der Waals surface area (Å²) in [6.07, 6.45) is 3.63. The van der Waals surface area contributed by atoms with Crippen LogP contribution in [0.4, 0.5) is 0 Å². The van der Waals surface area contributed by atoms with E-state index >= 15 is 0 Å². The van der Waals surface area contributed by atoms with E-state index in [4.69, 9.17) is 0 Å². The summed E-state index contributed by atoms with van der Waals surface area (Å²) in [5.74, 6) is 0.720. The summed E-state index contributed by atoms with van der Waals surface area (Å²) in [6, 6.07) is 5.50. The van der Waals surface area contributed by atoms with Gasteiger partial charge in [-0.25, -0.2) is 4.98 Å². The maximum Gasteiger partial charge on any atom is 0.170 e. The van der Waals surface area contributed by atoms with Gasteiger partial charge in [-0.15, -0.1) is 0 Å². The van der Waals surface area contributed by atoms with E-state index < -0.39 is 0 Å². The molecule has 3 nitrogen and oxygen atoms in total. The van der Waals surface area contributed by atoms with Gasteiger partial charge in [-0.3, -0.25) is 4.79 Å². The van der Waals surface area contributed by atoms with Crippen LogP contribution in [0.3, 0.4) is 0 Å². The van der Waals surface area contributed by atoms with Crippen LogP contribution in [-0.4, -0.2) is 15.8 Å². The van der Waals surface area contributed by atoms with Crippen LogP contribution in [0.25, 0.3) is 0 Å². The minimum absolute atomic E-state index is 0.0388. The molecule has 2 rings (SSSR count). The second-order valence-electron chi connectivity index (χ2n) is 3.29. The van der Waals surface area contributed by atoms with Crippen LogP contribution in [0.5, 0.6) is 0 Å². The predicted octanol–water partition coefficient (Wildman–Crippen LogP) is 3.36. The molecule has 0 aliphatic rings. The highest BCUT2D eigenvalue weighted by molar-refractivity contribution is 9.11. The molecule has 0 spiro atoms. The molecule has 0 saturated carbocycles. The van der Waals surface area contributed by atoms with E-state index in [1.807, 2.05) is 6.07 Å². The van der Waals surface area contributed by atoms with Gasteiger partial charge in [-0.1, -0.05) is 31.9 Å². The van der Waals surface area contributed by atoms with Crippen LogP contribution >= 0.6 is 31.9 Å². The average molecular weight is 344 g/mol. The summed E-state index contributed by atoms with van der Waals surface area (Å²) < 4.78 is 1.76. The Kier molecular flexibility index (Phi) is 3.56. The van der Waals surface area contributed by atoms with Crippen LogP contribution in [-0.2, 0) is 6.42 Å². The van der Waals surface area contributed by atoms with Crippen molar-refractivity contribution >= 4 is 37.6 Å². The fraction of sp³-hybridized carbons (Fsp3) is 0.0909. The van der Waals surface area contributed by atoms with Crippen molar-refractivity contribution in [3.05, 3.63) is 50.9 Å². The van der Waals surface area contributed by atoms with Crippen molar-refractivity contribution in [2.45, 2.75) is 6.42 Å². The molecule has 0 radical (unpaired) electrons. The molecule has 0 atom stereocenters. The second-order valence-corrected chi connectivity index (χ2v) is 5.13. The molecule has 0 bridgehead atoms. The zero-order chi connectivity index (χ0) is 11.5. The first-order valence-electron chi connectivity index (χ1n) is 4.63. The summed E-state index contributed by atoms with van der Waals surface area (Å²) in [6.45, 7) is 0. The number of Topliss-reactive ketones (excluding diaryl/α,β-unsaturated/α-hetero) is 1. The first kappa shape index (κ1) is 11.5. The maximum absolute atomic E-state index is 11.9. The number of aromatic nitrogens is 2. The lowest BCUT2D eigenvalue weighted by Gasteiger charge is -2.01. The number of nitrogens with zero attached hydrogens (tertiary/aromatic N) is 1. The third-order valence-electron chi connectivity index (χ3n) is 2.07. The summed E-state index contributed by atoms with van der Waals surface area (Å²) in [7, 11) is 0. The monoisotopic (exact) mass is 342 g/mol. The topological polar surface area (TPSA) is 45.8 Å². The van der Waals surface area contributed by atoms with E-state index in [0.29, 0.717) is 11.4 Å². The van der Waals surface area contributed by atoms with E-state index in [2.05, 4.69) is 41.8 Å². The molecular formula is C11H8Br2N2O. The second kappa shape index (κ2) is 4.93. The van der Waals surface area contributed by atoms with Gasteiger partial charge in [0.05, 0.1) is 6.42 Å². The number of H-pyrrole nitrogens is 1. The Hall–Kier alpha value is -0.940. The van der Waals surface area contributed by atoms with Gasteiger partial charge >= 0.3 is 0 Å². The van der Waals surface area contributed by atoms with Crippen molar-refractivity contribution in [3.8, 4) is 0 Å². The van der Waals surface area contributed by atoms with Gasteiger partial charge in [0.1, 0.15) is 5.82 Å². The van der Waals surface area contributed by atoms with Gasteiger partial charge in [-0.05, 0) is 18.2 Å². The predicted molar refractivity (Wildman–Crippen MR) is 68.5 cm³/mol. The first-order valence-corrected chi connectivity index (χ1v) is 6.21. The Labute approximate surface area is 110 Å². The third kappa shape index (κ3) is 2.80. The lowest BCUT2D eigenvalue weighted by molar-refractivity contribution is 0.0991. The number of halogens is 2. The molecule has 82 valence electrons. The lowest BCUT2D eigenvalue weighted by Crippen LogP contribution is -2.05. The van der Waals surface area contributed by atoms with Crippen LogP contribution in [0.15, 0.2) is 39.5 Å². The molecule has 16 heavy (non-hydrogen) atoms. The largest absolute Gasteiger partial charge is 0.348 e. The van der Waals surface area contributed by atoms with Crippen molar-refractivity contribution in [3.63, 3.8) is 0 Å². The van der Waals surface area contributed by atoms with Gasteiger partial charge in [0.15, 0.2) is 5.78 Å². The van der Waals surface area contributed by atoms with Crippen molar-refractivity contribution in [2.24, 2.45) is 0 Å². The number of carbonyl (C=O) groups excluding carboxylic acids is 1. The normalized spacial score (nSPS) is 10.4. The number of carbonyl (C=O) groups is 1. The number of hydrogen-bond acceptors (Lipinski definition) is 2. The van der Waals surface area contributed by atoms with Crippen LogP contribution in [0.1, 0.15) is 16.2 Å². The molecule has 0 aliphatic heterocycles. The van der Waals surface area contributed by atoms with Crippen LogP contribution < -0.4 is 0 Å². The zero-order valence-corrected chi connectivity index (χ0v) is 11.4. The van der Waals surface area contributed by atoms with Gasteiger partial charge in [0, 0.05) is 26.9 Å². The molecule has 1 aromatic heterocycles. The summed E-state index contributed by atoms with van der Waals surface area (Å²) in [4.78, 5) is 18.9. The van der Waals surface area contributed by atoms with Gasteiger partial charge in [0.2, 0.25) is 0 Å². The van der Waals surface area contributed by atoms with Crippen molar-refractivity contribution in [1.82, 2.24) is 9.97 Å². The molecule has 0 saturated heterocycles. The molecule has 5 heteroatoms. The summed E-state index contributed by atoms with van der Waals surface area (Å²) in [5, 5.41) is 0. The zero-order valence-electron chi connectivity index (χ0n) is 8.21. The Morgan fingerprint density at radius 1 is 1.25 bits per heavy atom. The number of rotatable bonds is 3. The SMILES string of the molecule is O=C(Cc1ncc[nH]1)c1cc(Br)cc(Br)c1. The number of aromatic amines is 1. The third-order valence-corrected chi connectivity index (χ3v) is 2.98. The van der Waals surface area contributed by atoms with Crippen LogP contribution in [0.2, 0.25) is 0 Å². The maximum atomic E-state index is 11.9. The number of nitrogens with one attached hydrogen (secondary N) is 1. The number of benzene rings is 1. The molecule has 1 N–H and O–H groups in total. The molecule has 0 fully saturated rings. The van der Waals surface area contributed by atoms with Crippen molar-refractivity contribution in [2.75, 3.05) is 0 Å². The van der Waals surface area contributed by atoms with Crippen LogP contribution in [0, 0.1) is 0 Å². The molecule has 0 amide bonds. The van der Waals surface area contributed by atoms with E-state index in [9.17, 15) is 4.79 Å². The first-order chi connectivity index (χ1) is 7.65. The summed E-state index contributed by atoms with van der Waals surface area (Å²) in [5.41, 5.74) is 0.664. The number of hydrogen-bond donors (Lipinski definition) is 1. The Balaban J connectivity index is 2.21. The highest BCUT2D eigenvalue weighted by Gasteiger charge is 2.09. The number of imidazole rings is 1. The van der Waals surface area contributed by atoms with E-state index in [1.54, 1.807) is 24.5 Å². The Morgan fingerprint density at radius 2 is 1.94 bits per heavy atom. The van der Waals surface area contributed by atoms with Gasteiger partial charge < -0.3 is 4.98 Å². The fourth-order valence-electron chi connectivity index (χ4n) is 1.36. The van der Waals surface area contributed by atoms with Gasteiger partial charge in [-0.2, -0.15) is 0 Å². The molecular weight excluding hydrogens is 336 g/mol. The van der Waals surface area contributed by atoms with E-state index in [1.165, 1.54) is 0 Å². The minimum atomic E-state index is 0.0388. The quantitative estimate of drug-likeness (QED) is 0.868. The Morgan fingerprint density at radius 3 is 2.50 bits per heavy atom. The lowest BCUT2D eigenvalue weighted by atomic mass is 10.1. The van der Waals surface area contributed by atoms with Crippen molar-refractivity contribution in [1.29, 1.82) is 0 Å². The molecule has 2 aromatic rings. The fourth-order valence-corrected chi connectivity index (χ4v) is 2.66. The minimum Gasteiger partial charge on any atom is -0.348 e. The standard InChI is InChI=1S/C11H8Br2N2O/c12-8-3-7(4-9(13)5-8)10(16)6-11-14-1-2-15-11/h1-5H,6H2,(H,14,15).